The lowest BCUT2D eigenvalue weighted by molar-refractivity contribution is 0.359. The van der Waals surface area contributed by atoms with Crippen LogP contribution in [0.25, 0.3) is 10.9 Å². The minimum Gasteiger partial charge on any atom is -0.400 e. The number of benzene rings is 1. The van der Waals surface area contributed by atoms with Crippen LogP contribution in [0, 0.1) is 0 Å². The van der Waals surface area contributed by atoms with Crippen molar-refractivity contribution >= 4 is 21.1 Å². The maximum absolute atomic E-state index is 12.4. The van der Waals surface area contributed by atoms with Crippen LogP contribution < -0.4 is 0 Å². The minimum atomic E-state index is -9.66. The van der Waals surface area contributed by atoms with E-state index in [2.05, 4.69) is 4.98 Å². The lowest BCUT2D eigenvalue weighted by atomic mass is 10.2. The molecule has 0 fully saturated rings. The number of nitrogens with zero attached hydrogens (tertiary/aromatic N) is 1. The highest BCUT2D eigenvalue weighted by Gasteiger charge is 2.67. The number of pyridine rings is 1. The number of halogens is 5. The van der Waals surface area contributed by atoms with E-state index in [4.69, 9.17) is 5.11 Å². The predicted octanol–water partition coefficient (Wildman–Crippen LogP) is 4.50. The Bertz CT molecular complexity index is 569. The molecule has 1 aromatic carbocycles. The quantitative estimate of drug-likeness (QED) is 0.783. The average Bonchev–Trinajstić information content (AvgIpc) is 2.28. The van der Waals surface area contributed by atoms with Crippen molar-refractivity contribution in [3.8, 4) is 0 Å². The second kappa shape index (κ2) is 3.79. The van der Waals surface area contributed by atoms with E-state index in [1.807, 2.05) is 0 Å². The van der Waals surface area contributed by atoms with Crippen LogP contribution in [0.1, 0.15) is 0 Å². The zero-order valence-corrected chi connectivity index (χ0v) is 9.97. The van der Waals surface area contributed by atoms with Crippen molar-refractivity contribution in [1.82, 2.24) is 4.98 Å². The molecule has 2 aromatic rings. The summed E-state index contributed by atoms with van der Waals surface area (Å²) in [6, 6.07) is 7.06. The summed E-state index contributed by atoms with van der Waals surface area (Å²) in [5.74, 6) is 0. The van der Waals surface area contributed by atoms with Gasteiger partial charge in [0.15, 0.2) is 5.03 Å². The molecule has 1 aromatic heterocycles. The Morgan fingerprint density at radius 1 is 0.889 bits per heavy atom. The summed E-state index contributed by atoms with van der Waals surface area (Å²) in [6.07, 6.45) is 0. The fourth-order valence-corrected chi connectivity index (χ4v) is 1.86. The Hall–Kier alpha value is -1.41. The first-order chi connectivity index (χ1) is 8.06. The van der Waals surface area contributed by atoms with Gasteiger partial charge in [-0.15, -0.1) is 0 Å². The van der Waals surface area contributed by atoms with Crippen molar-refractivity contribution in [3.63, 3.8) is 0 Å². The van der Waals surface area contributed by atoms with Gasteiger partial charge in [-0.1, -0.05) is 37.6 Å². The van der Waals surface area contributed by atoms with Gasteiger partial charge in [0.05, 0.1) is 5.52 Å². The normalized spacial score (nSPS) is 15.3. The van der Waals surface area contributed by atoms with Crippen molar-refractivity contribution in [1.29, 1.82) is 0 Å². The molecule has 0 aliphatic heterocycles. The van der Waals surface area contributed by atoms with Gasteiger partial charge >= 0.3 is 10.2 Å². The zero-order chi connectivity index (χ0) is 14.1. The monoisotopic (exact) mass is 287 g/mol. The van der Waals surface area contributed by atoms with Gasteiger partial charge < -0.3 is 5.11 Å². The first-order valence-corrected chi connectivity index (χ1v) is 6.56. The first-order valence-electron chi connectivity index (χ1n) is 4.61. The summed E-state index contributed by atoms with van der Waals surface area (Å²) in [5.41, 5.74) is -0.103. The van der Waals surface area contributed by atoms with Crippen molar-refractivity contribution < 1.29 is 24.5 Å². The molecule has 0 bridgehead atoms. The molecule has 0 unspecified atom stereocenters. The number of fused-ring (bicyclic) bond motifs is 1. The van der Waals surface area contributed by atoms with E-state index in [9.17, 15) is 19.4 Å². The molecule has 0 amide bonds. The third-order valence-corrected chi connectivity index (χ3v) is 2.99. The molecule has 0 radical (unpaired) electrons. The van der Waals surface area contributed by atoms with Crippen LogP contribution in [0.2, 0.25) is 0 Å². The molecule has 102 valence electrons. The van der Waals surface area contributed by atoms with Crippen LogP contribution in [0.4, 0.5) is 19.4 Å². The zero-order valence-electron chi connectivity index (χ0n) is 9.16. The van der Waals surface area contributed by atoms with Gasteiger partial charge in [-0.2, -0.15) is 0 Å². The first kappa shape index (κ1) is 14.7. The van der Waals surface area contributed by atoms with Crippen LogP contribution in [0.5, 0.6) is 0 Å². The van der Waals surface area contributed by atoms with Crippen molar-refractivity contribution in [2.45, 2.75) is 5.03 Å². The van der Waals surface area contributed by atoms with Gasteiger partial charge in [0, 0.05) is 12.5 Å². The molecule has 0 saturated carbocycles. The highest BCUT2D eigenvalue weighted by Crippen LogP contribution is 3.01. The standard InChI is InChI=1S/C9H6F5NS.CH4O/c10-16(11,12,13,14)9-6-5-7-3-1-2-4-8(7)15-9;1-2/h1-6H;2H,1H3. The van der Waals surface area contributed by atoms with Gasteiger partial charge in [-0.25, -0.2) is 4.98 Å². The molecule has 0 aliphatic rings. The van der Waals surface area contributed by atoms with Gasteiger partial charge in [0.25, 0.3) is 0 Å². The third kappa shape index (κ3) is 3.30. The smallest absolute Gasteiger partial charge is 0.325 e. The predicted molar refractivity (Wildman–Crippen MR) is 61.3 cm³/mol. The highest BCUT2D eigenvalue weighted by molar-refractivity contribution is 8.45. The number of aliphatic hydroxyl groups excluding tert-OH is 1. The van der Waals surface area contributed by atoms with Crippen LogP contribution in [-0.2, 0) is 0 Å². The second-order valence-corrected chi connectivity index (χ2v) is 5.67. The number of aliphatic hydroxyl groups is 1. The molecule has 8 heteroatoms. The SMILES string of the molecule is CO.FS(F)(F)(F)(F)c1ccc2ccccc2n1. The summed E-state index contributed by atoms with van der Waals surface area (Å²) in [4.78, 5) is 2.97. The summed E-state index contributed by atoms with van der Waals surface area (Å²) in [7, 11) is -8.66. The summed E-state index contributed by atoms with van der Waals surface area (Å²) in [5, 5.41) is 5.28. The number of hydrogen-bond acceptors (Lipinski definition) is 2. The molecule has 2 nitrogen and oxygen atoms in total. The largest absolute Gasteiger partial charge is 0.400 e. The van der Waals surface area contributed by atoms with Gasteiger partial charge in [-0.3, -0.25) is 0 Å². The van der Waals surface area contributed by atoms with E-state index in [-0.39, 0.29) is 5.52 Å². The van der Waals surface area contributed by atoms with Crippen LogP contribution in [0.15, 0.2) is 41.4 Å². The van der Waals surface area contributed by atoms with E-state index in [1.165, 1.54) is 18.2 Å². The van der Waals surface area contributed by atoms with E-state index in [1.54, 1.807) is 6.07 Å². The summed E-state index contributed by atoms with van der Waals surface area (Å²) < 4.78 is 62.1. The lowest BCUT2D eigenvalue weighted by Gasteiger charge is -2.39. The minimum absolute atomic E-state index is 0.103. The Morgan fingerprint density at radius 2 is 1.44 bits per heavy atom. The molecule has 1 N–H and O–H groups in total. The van der Waals surface area contributed by atoms with Crippen molar-refractivity contribution in [2.24, 2.45) is 0 Å². The maximum atomic E-state index is 12.4. The summed E-state index contributed by atoms with van der Waals surface area (Å²) >= 11 is 0. The van der Waals surface area contributed by atoms with E-state index >= 15 is 0 Å². The highest BCUT2D eigenvalue weighted by atomic mass is 32.5. The Morgan fingerprint density at radius 3 is 2.00 bits per heavy atom. The average molecular weight is 287 g/mol. The van der Waals surface area contributed by atoms with E-state index < -0.39 is 15.3 Å². The molecule has 1 heterocycles. The third-order valence-electron chi connectivity index (χ3n) is 1.97. The number of para-hydroxylation sites is 1. The molecule has 0 spiro atoms. The molecular weight excluding hydrogens is 277 g/mol. The van der Waals surface area contributed by atoms with Gasteiger partial charge in [0.2, 0.25) is 0 Å². The molecule has 18 heavy (non-hydrogen) atoms. The topological polar surface area (TPSA) is 33.1 Å². The molecule has 0 atom stereocenters. The fourth-order valence-electron chi connectivity index (χ4n) is 1.26. The Labute approximate surface area is 99.8 Å². The van der Waals surface area contributed by atoms with E-state index in [0.29, 0.717) is 11.5 Å². The Kier molecular flexibility index (Phi) is 3.08. The number of rotatable bonds is 1. The molecule has 2 rings (SSSR count). The van der Waals surface area contributed by atoms with Gasteiger partial charge in [0.1, 0.15) is 0 Å². The lowest BCUT2D eigenvalue weighted by Crippen LogP contribution is -2.08. The molecule has 0 aliphatic carbocycles. The van der Waals surface area contributed by atoms with Crippen LogP contribution in [0.3, 0.4) is 0 Å². The number of hydrogen-bond donors (Lipinski definition) is 1. The van der Waals surface area contributed by atoms with Crippen molar-refractivity contribution in [3.05, 3.63) is 36.4 Å². The van der Waals surface area contributed by atoms with Gasteiger partial charge in [-0.05, 0) is 18.2 Å². The molecule has 0 saturated heterocycles. The Balaban J connectivity index is 0.000000771. The number of aromatic nitrogens is 1. The molecular formula is C10H10F5NOS. The second-order valence-electron chi connectivity index (χ2n) is 3.31. The summed E-state index contributed by atoms with van der Waals surface area (Å²) in [6.45, 7) is 0. The van der Waals surface area contributed by atoms with Crippen LogP contribution >= 0.6 is 10.2 Å². The van der Waals surface area contributed by atoms with E-state index in [0.717, 1.165) is 13.2 Å². The van der Waals surface area contributed by atoms with Crippen LogP contribution in [-0.4, -0.2) is 17.2 Å². The van der Waals surface area contributed by atoms with Crippen molar-refractivity contribution in [2.75, 3.05) is 7.11 Å². The fraction of sp³-hybridized carbons (Fsp3) is 0.100. The maximum Gasteiger partial charge on any atom is 0.325 e.